The number of anilines is 1. The zero-order valence-corrected chi connectivity index (χ0v) is 18.3. The predicted octanol–water partition coefficient (Wildman–Crippen LogP) is 5.55. The summed E-state index contributed by atoms with van der Waals surface area (Å²) in [6.45, 7) is 4.01. The van der Waals surface area contributed by atoms with Crippen LogP contribution >= 0.6 is 11.8 Å². The first-order chi connectivity index (χ1) is 15.4. The highest BCUT2D eigenvalue weighted by molar-refractivity contribution is 8.00. The number of thioether (sulfide) groups is 1. The fraction of sp³-hybridized carbons (Fsp3) is 0.125. The summed E-state index contributed by atoms with van der Waals surface area (Å²) in [5.41, 5.74) is 4.14. The Balaban J connectivity index is 1.63. The lowest BCUT2D eigenvalue weighted by molar-refractivity contribution is -0.384. The molecule has 4 rings (SSSR count). The van der Waals surface area contributed by atoms with Gasteiger partial charge in [0.1, 0.15) is 5.03 Å². The molecule has 0 saturated heterocycles. The molecule has 0 bridgehead atoms. The highest BCUT2D eigenvalue weighted by Crippen LogP contribution is 2.32. The Morgan fingerprint density at radius 2 is 1.75 bits per heavy atom. The molecule has 0 aliphatic heterocycles. The van der Waals surface area contributed by atoms with Crippen molar-refractivity contribution in [2.45, 2.75) is 18.9 Å². The molecule has 1 heterocycles. The molecule has 7 nitrogen and oxygen atoms in total. The number of nitrogens with zero attached hydrogens (tertiary/aromatic N) is 3. The second-order valence-corrected chi connectivity index (χ2v) is 8.25. The molecule has 0 radical (unpaired) electrons. The standard InChI is InChI=1S/C24H20N4O3S/c1-15-11-12-16(2)22-21(15)24(27-23(26-22)17-7-4-3-5-8-17)32-14-20(29)25-18-9-6-10-19(13-18)28(30)31/h3-13H,14H2,1-2H3,(H,25,29). The van der Waals surface area contributed by atoms with Gasteiger partial charge in [0, 0.05) is 28.8 Å². The Morgan fingerprint density at radius 3 is 2.50 bits per heavy atom. The van der Waals surface area contributed by atoms with Crippen molar-refractivity contribution in [3.05, 3.63) is 88.0 Å². The van der Waals surface area contributed by atoms with Crippen molar-refractivity contribution in [1.29, 1.82) is 0 Å². The van der Waals surface area contributed by atoms with E-state index in [4.69, 9.17) is 9.97 Å². The average Bonchev–Trinajstić information content (AvgIpc) is 2.80. The van der Waals surface area contributed by atoms with E-state index in [1.54, 1.807) is 6.07 Å². The first-order valence-electron chi connectivity index (χ1n) is 9.93. The van der Waals surface area contributed by atoms with Crippen molar-refractivity contribution < 1.29 is 9.72 Å². The lowest BCUT2D eigenvalue weighted by Gasteiger charge is -2.12. The van der Waals surface area contributed by atoms with Crippen LogP contribution in [-0.2, 0) is 4.79 Å². The summed E-state index contributed by atoms with van der Waals surface area (Å²) in [5.74, 6) is 0.443. The van der Waals surface area contributed by atoms with Gasteiger partial charge in [-0.2, -0.15) is 0 Å². The van der Waals surface area contributed by atoms with Gasteiger partial charge in [0.05, 0.1) is 16.2 Å². The second kappa shape index (κ2) is 9.15. The molecule has 0 aliphatic rings. The summed E-state index contributed by atoms with van der Waals surface area (Å²) in [7, 11) is 0. The molecule has 0 aliphatic carbocycles. The number of rotatable bonds is 6. The Labute approximate surface area is 189 Å². The maximum Gasteiger partial charge on any atom is 0.271 e. The third-order valence-corrected chi connectivity index (χ3v) is 5.92. The molecule has 4 aromatic rings. The minimum Gasteiger partial charge on any atom is -0.325 e. The molecule has 0 saturated carbocycles. The highest BCUT2D eigenvalue weighted by Gasteiger charge is 2.15. The Morgan fingerprint density at radius 1 is 1.00 bits per heavy atom. The zero-order valence-electron chi connectivity index (χ0n) is 17.5. The number of nitro groups is 1. The third-order valence-electron chi connectivity index (χ3n) is 4.94. The summed E-state index contributed by atoms with van der Waals surface area (Å²) in [6.07, 6.45) is 0. The Hall–Kier alpha value is -3.78. The Kier molecular flexibility index (Phi) is 6.13. The minimum absolute atomic E-state index is 0.0733. The van der Waals surface area contributed by atoms with E-state index in [2.05, 4.69) is 5.32 Å². The number of carbonyl (C=O) groups is 1. The van der Waals surface area contributed by atoms with Gasteiger partial charge >= 0.3 is 0 Å². The van der Waals surface area contributed by atoms with Crippen molar-refractivity contribution in [3.63, 3.8) is 0 Å². The number of hydrogen-bond donors (Lipinski definition) is 1. The molecular weight excluding hydrogens is 424 g/mol. The number of aromatic nitrogens is 2. The molecule has 1 N–H and O–H groups in total. The van der Waals surface area contributed by atoms with E-state index in [1.165, 1.54) is 30.0 Å². The quantitative estimate of drug-likeness (QED) is 0.181. The van der Waals surface area contributed by atoms with E-state index in [-0.39, 0.29) is 17.3 Å². The number of nitro benzene ring substituents is 1. The molecule has 0 fully saturated rings. The largest absolute Gasteiger partial charge is 0.325 e. The van der Waals surface area contributed by atoms with Gasteiger partial charge in [0.15, 0.2) is 5.82 Å². The van der Waals surface area contributed by atoms with Crippen molar-refractivity contribution in [2.24, 2.45) is 0 Å². The molecule has 0 atom stereocenters. The molecule has 160 valence electrons. The summed E-state index contributed by atoms with van der Waals surface area (Å²) < 4.78 is 0. The number of amides is 1. The van der Waals surface area contributed by atoms with Crippen LogP contribution in [0.25, 0.3) is 22.3 Å². The number of fused-ring (bicyclic) bond motifs is 1. The molecule has 1 aromatic heterocycles. The van der Waals surface area contributed by atoms with Crippen LogP contribution < -0.4 is 5.32 Å². The van der Waals surface area contributed by atoms with Crippen LogP contribution in [0.3, 0.4) is 0 Å². The number of aryl methyl sites for hydroxylation is 2. The van der Waals surface area contributed by atoms with Crippen molar-refractivity contribution in [1.82, 2.24) is 9.97 Å². The summed E-state index contributed by atoms with van der Waals surface area (Å²) in [5, 5.41) is 15.3. The van der Waals surface area contributed by atoms with Crippen LogP contribution in [0, 0.1) is 24.0 Å². The normalized spacial score (nSPS) is 10.8. The van der Waals surface area contributed by atoms with Crippen LogP contribution in [0.1, 0.15) is 11.1 Å². The summed E-state index contributed by atoms with van der Waals surface area (Å²) in [4.78, 5) is 32.6. The van der Waals surface area contributed by atoms with E-state index in [1.807, 2.05) is 56.3 Å². The average molecular weight is 445 g/mol. The van der Waals surface area contributed by atoms with Crippen LogP contribution in [0.4, 0.5) is 11.4 Å². The van der Waals surface area contributed by atoms with Crippen molar-refractivity contribution in [2.75, 3.05) is 11.1 Å². The minimum atomic E-state index is -0.492. The summed E-state index contributed by atoms with van der Waals surface area (Å²) in [6, 6.07) is 19.7. The van der Waals surface area contributed by atoms with E-state index < -0.39 is 4.92 Å². The lowest BCUT2D eigenvalue weighted by Crippen LogP contribution is -2.14. The zero-order chi connectivity index (χ0) is 22.7. The van der Waals surface area contributed by atoms with Crippen LogP contribution in [0.2, 0.25) is 0 Å². The van der Waals surface area contributed by atoms with Crippen LogP contribution in [-0.4, -0.2) is 26.6 Å². The third kappa shape index (κ3) is 4.60. The van der Waals surface area contributed by atoms with Gasteiger partial charge in [-0.3, -0.25) is 14.9 Å². The molecule has 1 amide bonds. The van der Waals surface area contributed by atoms with Crippen LogP contribution in [0.15, 0.2) is 71.8 Å². The molecule has 0 spiro atoms. The number of nitrogens with one attached hydrogen (secondary N) is 1. The van der Waals surface area contributed by atoms with E-state index in [0.717, 1.165) is 32.6 Å². The SMILES string of the molecule is Cc1ccc(C)c2c(SCC(=O)Nc3cccc([N+](=O)[O-])c3)nc(-c3ccccc3)nc12. The smallest absolute Gasteiger partial charge is 0.271 e. The number of benzene rings is 3. The van der Waals surface area contributed by atoms with Gasteiger partial charge in [0.2, 0.25) is 5.91 Å². The van der Waals surface area contributed by atoms with Gasteiger partial charge in [-0.05, 0) is 31.0 Å². The fourth-order valence-electron chi connectivity index (χ4n) is 3.34. The maximum absolute atomic E-state index is 12.6. The molecule has 3 aromatic carbocycles. The first kappa shape index (κ1) is 21.5. The second-order valence-electron chi connectivity index (χ2n) is 7.29. The van der Waals surface area contributed by atoms with Gasteiger partial charge in [-0.25, -0.2) is 9.97 Å². The predicted molar refractivity (Wildman–Crippen MR) is 127 cm³/mol. The molecule has 32 heavy (non-hydrogen) atoms. The van der Waals surface area contributed by atoms with Gasteiger partial charge in [-0.15, -0.1) is 0 Å². The number of non-ortho nitro benzene ring substituents is 1. The molecule has 8 heteroatoms. The van der Waals surface area contributed by atoms with Gasteiger partial charge in [0.25, 0.3) is 5.69 Å². The molecular formula is C24H20N4O3S. The monoisotopic (exact) mass is 444 g/mol. The topological polar surface area (TPSA) is 98.0 Å². The number of hydrogen-bond acceptors (Lipinski definition) is 6. The van der Waals surface area contributed by atoms with Gasteiger partial charge in [-0.1, -0.05) is 60.3 Å². The first-order valence-corrected chi connectivity index (χ1v) is 10.9. The van der Waals surface area contributed by atoms with E-state index >= 15 is 0 Å². The van der Waals surface area contributed by atoms with Crippen LogP contribution in [0.5, 0.6) is 0 Å². The fourth-order valence-corrected chi connectivity index (χ4v) is 4.24. The van der Waals surface area contributed by atoms with E-state index in [9.17, 15) is 14.9 Å². The molecule has 0 unspecified atom stereocenters. The highest BCUT2D eigenvalue weighted by atomic mass is 32.2. The summed E-state index contributed by atoms with van der Waals surface area (Å²) >= 11 is 1.32. The van der Waals surface area contributed by atoms with Crippen molar-refractivity contribution >= 4 is 39.9 Å². The van der Waals surface area contributed by atoms with Gasteiger partial charge < -0.3 is 5.32 Å². The maximum atomic E-state index is 12.6. The lowest BCUT2D eigenvalue weighted by atomic mass is 10.1. The van der Waals surface area contributed by atoms with E-state index in [0.29, 0.717) is 11.5 Å². The Bertz CT molecular complexity index is 1330. The van der Waals surface area contributed by atoms with Crippen molar-refractivity contribution in [3.8, 4) is 11.4 Å². The number of carbonyl (C=O) groups excluding carboxylic acids is 1.